The van der Waals surface area contributed by atoms with Crippen LogP contribution >= 0.6 is 0 Å². The molecule has 152 valence electrons. The lowest BCUT2D eigenvalue weighted by Crippen LogP contribution is -2.30. The molecule has 3 heteroatoms. The number of unbranched alkanes of at least 4 members (excludes halogenated alkanes) is 1. The predicted octanol–water partition coefficient (Wildman–Crippen LogP) is 6.20. The lowest BCUT2D eigenvalue weighted by Gasteiger charge is -2.38. The summed E-state index contributed by atoms with van der Waals surface area (Å²) in [6, 6.07) is 21.6. The van der Waals surface area contributed by atoms with Crippen LogP contribution < -0.4 is 10.6 Å². The Balaban J connectivity index is 1.50. The third kappa shape index (κ3) is 3.28. The van der Waals surface area contributed by atoms with Crippen molar-refractivity contribution < 1.29 is 4.79 Å². The van der Waals surface area contributed by atoms with Crippen molar-refractivity contribution in [3.05, 3.63) is 89.5 Å². The van der Waals surface area contributed by atoms with E-state index in [1.165, 1.54) is 21.9 Å². The maximum Gasteiger partial charge on any atom is 0.251 e. The molecule has 2 N–H and O–H groups in total. The molecule has 0 saturated heterocycles. The van der Waals surface area contributed by atoms with Crippen LogP contribution in [-0.4, -0.2) is 12.5 Å². The van der Waals surface area contributed by atoms with Crippen molar-refractivity contribution in [2.45, 2.75) is 38.1 Å². The Bertz CT molecular complexity index is 1110. The number of amides is 1. The molecule has 3 aromatic carbocycles. The monoisotopic (exact) mass is 396 g/mol. The van der Waals surface area contributed by atoms with Crippen LogP contribution in [0.15, 0.2) is 72.8 Å². The summed E-state index contributed by atoms with van der Waals surface area (Å²) in [6.45, 7) is 2.87. The maximum atomic E-state index is 12.6. The van der Waals surface area contributed by atoms with Crippen molar-refractivity contribution in [1.29, 1.82) is 0 Å². The van der Waals surface area contributed by atoms with Gasteiger partial charge in [-0.05, 0) is 58.9 Å². The van der Waals surface area contributed by atoms with Crippen LogP contribution in [0.2, 0.25) is 0 Å². The lowest BCUT2D eigenvalue weighted by molar-refractivity contribution is 0.0953. The third-order valence-corrected chi connectivity index (χ3v) is 6.60. The summed E-state index contributed by atoms with van der Waals surface area (Å²) in [5.41, 5.74) is 4.51. The summed E-state index contributed by atoms with van der Waals surface area (Å²) in [7, 11) is 0. The van der Waals surface area contributed by atoms with Crippen molar-refractivity contribution in [3.8, 4) is 0 Å². The number of fused-ring (bicyclic) bond motifs is 4. The van der Waals surface area contributed by atoms with E-state index in [2.05, 4.69) is 84.3 Å². The summed E-state index contributed by atoms with van der Waals surface area (Å²) < 4.78 is 0. The maximum absolute atomic E-state index is 12.6. The Morgan fingerprint density at radius 3 is 2.83 bits per heavy atom. The van der Waals surface area contributed by atoms with E-state index in [1.807, 2.05) is 6.07 Å². The van der Waals surface area contributed by atoms with Gasteiger partial charge in [0.05, 0.1) is 6.04 Å². The molecule has 1 aliphatic carbocycles. The number of anilines is 1. The quantitative estimate of drug-likeness (QED) is 0.398. The van der Waals surface area contributed by atoms with Crippen molar-refractivity contribution in [2.24, 2.45) is 5.92 Å². The first kappa shape index (κ1) is 18.9. The van der Waals surface area contributed by atoms with Gasteiger partial charge in [-0.3, -0.25) is 4.79 Å². The highest BCUT2D eigenvalue weighted by Gasteiger charge is 2.38. The van der Waals surface area contributed by atoms with Crippen LogP contribution in [0.5, 0.6) is 0 Å². The number of hydrogen-bond donors (Lipinski definition) is 2. The van der Waals surface area contributed by atoms with E-state index in [4.69, 9.17) is 0 Å². The first-order valence-electron chi connectivity index (χ1n) is 11.1. The summed E-state index contributed by atoms with van der Waals surface area (Å²) in [5.74, 6) is 0.830. The second-order valence-corrected chi connectivity index (χ2v) is 8.46. The second kappa shape index (κ2) is 7.98. The smallest absolute Gasteiger partial charge is 0.251 e. The molecule has 3 aromatic rings. The highest BCUT2D eigenvalue weighted by atomic mass is 16.1. The molecule has 5 rings (SSSR count). The van der Waals surface area contributed by atoms with Gasteiger partial charge in [0.1, 0.15) is 0 Å². The molecule has 2 aliphatic rings. The first-order chi connectivity index (χ1) is 14.8. The first-order valence-corrected chi connectivity index (χ1v) is 11.1. The van der Waals surface area contributed by atoms with Crippen molar-refractivity contribution >= 4 is 22.4 Å². The molecule has 1 heterocycles. The Morgan fingerprint density at radius 1 is 1.07 bits per heavy atom. The van der Waals surface area contributed by atoms with Crippen LogP contribution in [0.3, 0.4) is 0 Å². The van der Waals surface area contributed by atoms with E-state index in [0.717, 1.165) is 37.1 Å². The van der Waals surface area contributed by atoms with Gasteiger partial charge in [0, 0.05) is 23.7 Å². The summed E-state index contributed by atoms with van der Waals surface area (Å²) in [4.78, 5) is 12.6. The van der Waals surface area contributed by atoms with E-state index in [0.29, 0.717) is 11.8 Å². The molecule has 3 unspecified atom stereocenters. The van der Waals surface area contributed by atoms with Crippen LogP contribution in [0.4, 0.5) is 5.69 Å². The number of carbonyl (C=O) groups excluding carboxylic acids is 1. The summed E-state index contributed by atoms with van der Waals surface area (Å²) >= 11 is 0. The molecule has 0 fully saturated rings. The molecule has 0 radical (unpaired) electrons. The predicted molar refractivity (Wildman–Crippen MR) is 124 cm³/mol. The Hall–Kier alpha value is -3.07. The Morgan fingerprint density at radius 2 is 1.93 bits per heavy atom. The van der Waals surface area contributed by atoms with E-state index in [9.17, 15) is 4.79 Å². The zero-order valence-corrected chi connectivity index (χ0v) is 17.4. The Kier molecular flexibility index (Phi) is 5.04. The minimum atomic E-state index is 0.0287. The molecule has 0 aromatic heterocycles. The fourth-order valence-corrected chi connectivity index (χ4v) is 5.05. The molecule has 0 saturated carbocycles. The fraction of sp³-hybridized carbons (Fsp3) is 0.296. The molecule has 3 nitrogen and oxygen atoms in total. The molecule has 1 amide bonds. The number of rotatable bonds is 5. The molecule has 0 bridgehead atoms. The van der Waals surface area contributed by atoms with Crippen LogP contribution in [0.25, 0.3) is 10.8 Å². The van der Waals surface area contributed by atoms with Crippen LogP contribution in [0.1, 0.15) is 59.6 Å². The normalized spacial score (nSPS) is 21.7. The van der Waals surface area contributed by atoms with E-state index >= 15 is 0 Å². The van der Waals surface area contributed by atoms with Crippen molar-refractivity contribution in [2.75, 3.05) is 11.9 Å². The fourth-order valence-electron chi connectivity index (χ4n) is 5.05. The second-order valence-electron chi connectivity index (χ2n) is 8.46. The number of allylic oxidation sites excluding steroid dienone is 2. The van der Waals surface area contributed by atoms with E-state index < -0.39 is 0 Å². The van der Waals surface area contributed by atoms with Gasteiger partial charge in [-0.25, -0.2) is 0 Å². The van der Waals surface area contributed by atoms with Crippen molar-refractivity contribution in [1.82, 2.24) is 5.32 Å². The number of carbonyl (C=O) groups is 1. The topological polar surface area (TPSA) is 41.1 Å². The third-order valence-electron chi connectivity index (χ3n) is 6.60. The van der Waals surface area contributed by atoms with Gasteiger partial charge in [-0.1, -0.05) is 68.0 Å². The number of hydrogen-bond acceptors (Lipinski definition) is 2. The average Bonchev–Trinajstić information content (AvgIpc) is 3.28. The van der Waals surface area contributed by atoms with Gasteiger partial charge < -0.3 is 10.6 Å². The SMILES string of the molecule is CCCCNC(=O)c1ccc2c(c1)C1C=CCC1C(c1cccc3ccccc13)N2. The van der Waals surface area contributed by atoms with Gasteiger partial charge in [0.25, 0.3) is 5.91 Å². The largest absolute Gasteiger partial charge is 0.378 e. The minimum Gasteiger partial charge on any atom is -0.378 e. The standard InChI is InChI=1S/C27H28N2O/c1-2-3-16-28-27(30)19-14-15-25-24(17-19)21-11-7-13-23(21)26(29-25)22-12-6-9-18-8-4-5-10-20(18)22/h4-12,14-15,17,21,23,26,29H,2-3,13,16H2,1H3,(H,28,30). The zero-order valence-electron chi connectivity index (χ0n) is 17.4. The minimum absolute atomic E-state index is 0.0287. The zero-order chi connectivity index (χ0) is 20.5. The number of benzene rings is 3. The van der Waals surface area contributed by atoms with Gasteiger partial charge >= 0.3 is 0 Å². The Labute approximate surface area is 178 Å². The number of nitrogens with one attached hydrogen (secondary N) is 2. The van der Waals surface area contributed by atoms with E-state index in [1.54, 1.807) is 0 Å². The molecular formula is C27H28N2O. The van der Waals surface area contributed by atoms with E-state index in [-0.39, 0.29) is 11.9 Å². The molecule has 0 spiro atoms. The summed E-state index contributed by atoms with van der Waals surface area (Å²) in [5, 5.41) is 9.47. The molecule has 30 heavy (non-hydrogen) atoms. The van der Waals surface area contributed by atoms with Gasteiger partial charge in [-0.15, -0.1) is 0 Å². The van der Waals surface area contributed by atoms with Gasteiger partial charge in [0.2, 0.25) is 0 Å². The van der Waals surface area contributed by atoms with Crippen LogP contribution in [-0.2, 0) is 0 Å². The molecule has 3 atom stereocenters. The molecule has 1 aliphatic heterocycles. The lowest BCUT2D eigenvalue weighted by atomic mass is 9.76. The van der Waals surface area contributed by atoms with Gasteiger partial charge in [0.15, 0.2) is 0 Å². The van der Waals surface area contributed by atoms with Crippen LogP contribution in [0, 0.1) is 5.92 Å². The summed E-state index contributed by atoms with van der Waals surface area (Å²) in [6.07, 6.45) is 7.79. The highest BCUT2D eigenvalue weighted by Crippen LogP contribution is 2.50. The van der Waals surface area contributed by atoms with Crippen molar-refractivity contribution in [3.63, 3.8) is 0 Å². The van der Waals surface area contributed by atoms with Gasteiger partial charge in [-0.2, -0.15) is 0 Å². The average molecular weight is 397 g/mol. The molecular weight excluding hydrogens is 368 g/mol. The highest BCUT2D eigenvalue weighted by molar-refractivity contribution is 5.95.